The number of nitrogens with one attached hydrogen (secondary N) is 2. The number of amides is 3. The van der Waals surface area contributed by atoms with Crippen LogP contribution in [0.4, 0.5) is 4.79 Å². The highest BCUT2D eigenvalue weighted by Crippen LogP contribution is 2.27. The molecule has 1 aliphatic rings. The molecule has 0 aliphatic heterocycles. The Kier molecular flexibility index (Phi) is 9.95. The van der Waals surface area contributed by atoms with Gasteiger partial charge in [0.25, 0.3) is 0 Å². The molecule has 0 spiro atoms. The van der Waals surface area contributed by atoms with Crippen molar-refractivity contribution in [3.05, 3.63) is 70.8 Å². The largest absolute Gasteiger partial charge is 0.444 e. The molecule has 3 rings (SSSR count). The lowest BCUT2D eigenvalue weighted by atomic mass is 9.93. The van der Waals surface area contributed by atoms with Gasteiger partial charge >= 0.3 is 6.09 Å². The molecule has 1 saturated carbocycles. The third kappa shape index (κ3) is 8.33. The number of nitrogens with zero attached hydrogens (tertiary/aromatic N) is 1. The molecular weight excluding hydrogens is 478 g/mol. The average Bonchev–Trinajstić information content (AvgIpc) is 2.84. The lowest BCUT2D eigenvalue weighted by molar-refractivity contribution is -0.141. The second-order valence-electron chi connectivity index (χ2n) is 11.4. The Hall–Kier alpha value is -3.35. The quantitative estimate of drug-likeness (QED) is 0.488. The molecule has 1 aliphatic carbocycles. The van der Waals surface area contributed by atoms with Gasteiger partial charge in [-0.05, 0) is 64.2 Å². The normalized spacial score (nSPS) is 15.7. The first-order valence-electron chi connectivity index (χ1n) is 13.6. The highest BCUT2D eigenvalue weighted by molar-refractivity contribution is 5.92. The van der Waals surface area contributed by atoms with Gasteiger partial charge in [0.1, 0.15) is 17.7 Å². The molecule has 7 heteroatoms. The maximum absolute atomic E-state index is 14.0. The summed E-state index contributed by atoms with van der Waals surface area (Å²) < 4.78 is 5.46. The summed E-state index contributed by atoms with van der Waals surface area (Å²) in [6.07, 6.45) is 4.85. The summed E-state index contributed by atoms with van der Waals surface area (Å²) in [7, 11) is 1.64. The van der Waals surface area contributed by atoms with E-state index in [2.05, 4.69) is 10.6 Å². The van der Waals surface area contributed by atoms with Crippen LogP contribution >= 0.6 is 0 Å². The van der Waals surface area contributed by atoms with E-state index in [9.17, 15) is 14.4 Å². The predicted octanol–water partition coefficient (Wildman–Crippen LogP) is 5.39. The summed E-state index contributed by atoms with van der Waals surface area (Å²) in [5.74, 6) is -0.557. The van der Waals surface area contributed by atoms with E-state index in [-0.39, 0.29) is 24.3 Å². The monoisotopic (exact) mass is 521 g/mol. The highest BCUT2D eigenvalue weighted by Gasteiger charge is 2.35. The fourth-order valence-corrected chi connectivity index (χ4v) is 5.06. The Labute approximate surface area is 227 Å². The van der Waals surface area contributed by atoms with Crippen molar-refractivity contribution < 1.29 is 19.1 Å². The summed E-state index contributed by atoms with van der Waals surface area (Å²) in [5.41, 5.74) is 2.98. The standard InChI is InChI=1S/C31H43N3O4/c1-21-17-18-25(22(2)19-21)27(28(35)32-24-15-11-8-12-16-24)34(6)29(36)26(20-23-13-9-7-10-14-23)33-30(37)38-31(3,4)5/h7,9-10,13-14,17-19,24,26-27H,8,11-12,15-16,20H2,1-6H3,(H,32,35)(H,33,37). The predicted molar refractivity (Wildman–Crippen MR) is 150 cm³/mol. The van der Waals surface area contributed by atoms with E-state index in [0.717, 1.165) is 47.9 Å². The van der Waals surface area contributed by atoms with Crippen LogP contribution in [0.2, 0.25) is 0 Å². The molecule has 7 nitrogen and oxygen atoms in total. The number of alkyl carbamates (subject to hydrolysis) is 1. The minimum atomic E-state index is -0.909. The summed E-state index contributed by atoms with van der Waals surface area (Å²) in [4.78, 5) is 42.0. The number of aryl methyl sites for hydroxylation is 2. The van der Waals surface area contributed by atoms with E-state index in [1.807, 2.05) is 62.4 Å². The van der Waals surface area contributed by atoms with Gasteiger partial charge in [0, 0.05) is 19.5 Å². The first kappa shape index (κ1) is 29.2. The van der Waals surface area contributed by atoms with Gasteiger partial charge in [0.05, 0.1) is 0 Å². The summed E-state index contributed by atoms with van der Waals surface area (Å²) in [6.45, 7) is 9.29. The molecule has 0 aromatic heterocycles. The first-order valence-corrected chi connectivity index (χ1v) is 13.6. The molecular formula is C31H43N3O4. The van der Waals surface area contributed by atoms with Gasteiger partial charge in [0.15, 0.2) is 0 Å². The molecule has 2 N–H and O–H groups in total. The number of carbonyl (C=O) groups excluding carboxylic acids is 3. The van der Waals surface area contributed by atoms with E-state index in [0.29, 0.717) is 0 Å². The minimum absolute atomic E-state index is 0.105. The van der Waals surface area contributed by atoms with Crippen LogP contribution in [0.25, 0.3) is 0 Å². The van der Waals surface area contributed by atoms with Gasteiger partial charge in [-0.25, -0.2) is 4.79 Å². The molecule has 38 heavy (non-hydrogen) atoms. The highest BCUT2D eigenvalue weighted by atomic mass is 16.6. The number of likely N-dealkylation sites (N-methyl/N-ethyl adjacent to an activating group) is 1. The van der Waals surface area contributed by atoms with Gasteiger partial charge in [-0.1, -0.05) is 73.4 Å². The van der Waals surface area contributed by atoms with Crippen molar-refractivity contribution in [3.8, 4) is 0 Å². The number of benzene rings is 2. The van der Waals surface area contributed by atoms with Crippen LogP contribution in [0.15, 0.2) is 48.5 Å². The van der Waals surface area contributed by atoms with E-state index in [1.165, 1.54) is 11.3 Å². The van der Waals surface area contributed by atoms with Gasteiger partial charge in [0.2, 0.25) is 11.8 Å². The molecule has 2 aromatic rings. The van der Waals surface area contributed by atoms with Crippen molar-refractivity contribution >= 4 is 17.9 Å². The van der Waals surface area contributed by atoms with Crippen LogP contribution in [0.3, 0.4) is 0 Å². The second-order valence-corrected chi connectivity index (χ2v) is 11.4. The molecule has 206 valence electrons. The average molecular weight is 522 g/mol. The lowest BCUT2D eigenvalue weighted by Gasteiger charge is -2.34. The minimum Gasteiger partial charge on any atom is -0.444 e. The van der Waals surface area contributed by atoms with Gasteiger partial charge in [-0.2, -0.15) is 0 Å². The molecule has 2 unspecified atom stereocenters. The molecule has 0 saturated heterocycles. The van der Waals surface area contributed by atoms with Crippen LogP contribution in [0, 0.1) is 13.8 Å². The molecule has 0 heterocycles. The van der Waals surface area contributed by atoms with Crippen LogP contribution < -0.4 is 10.6 Å². The summed E-state index contributed by atoms with van der Waals surface area (Å²) in [6, 6.07) is 13.8. The van der Waals surface area contributed by atoms with Crippen molar-refractivity contribution in [2.24, 2.45) is 0 Å². The third-order valence-electron chi connectivity index (χ3n) is 6.93. The van der Waals surface area contributed by atoms with E-state index < -0.39 is 23.8 Å². The van der Waals surface area contributed by atoms with E-state index >= 15 is 0 Å². The van der Waals surface area contributed by atoms with E-state index in [1.54, 1.807) is 27.8 Å². The second kappa shape index (κ2) is 12.9. The van der Waals surface area contributed by atoms with Gasteiger partial charge in [-0.15, -0.1) is 0 Å². The topological polar surface area (TPSA) is 87.7 Å². The smallest absolute Gasteiger partial charge is 0.408 e. The van der Waals surface area contributed by atoms with Crippen LogP contribution in [-0.2, 0) is 20.7 Å². The van der Waals surface area contributed by atoms with Crippen molar-refractivity contribution in [2.45, 2.75) is 96.9 Å². The number of hydrogen-bond acceptors (Lipinski definition) is 4. The lowest BCUT2D eigenvalue weighted by Crippen LogP contribution is -2.53. The van der Waals surface area contributed by atoms with Crippen molar-refractivity contribution in [2.75, 3.05) is 7.05 Å². The zero-order chi connectivity index (χ0) is 27.9. The molecule has 2 aromatic carbocycles. The number of rotatable bonds is 8. The Morgan fingerprint density at radius 2 is 1.66 bits per heavy atom. The van der Waals surface area contributed by atoms with Crippen molar-refractivity contribution in [1.82, 2.24) is 15.5 Å². The maximum atomic E-state index is 14.0. The van der Waals surface area contributed by atoms with Crippen LogP contribution in [0.5, 0.6) is 0 Å². The Morgan fingerprint density at radius 1 is 1.00 bits per heavy atom. The van der Waals surface area contributed by atoms with Gasteiger partial charge in [-0.3, -0.25) is 9.59 Å². The fraction of sp³-hybridized carbons (Fsp3) is 0.516. The number of carbonyl (C=O) groups is 3. The molecule has 3 amide bonds. The summed E-state index contributed by atoms with van der Waals surface area (Å²) in [5, 5.41) is 5.98. The maximum Gasteiger partial charge on any atom is 0.408 e. The van der Waals surface area contributed by atoms with Crippen LogP contribution in [-0.4, -0.2) is 47.5 Å². The molecule has 2 atom stereocenters. The number of hydrogen-bond donors (Lipinski definition) is 2. The van der Waals surface area contributed by atoms with Crippen molar-refractivity contribution in [1.29, 1.82) is 0 Å². The van der Waals surface area contributed by atoms with Crippen molar-refractivity contribution in [3.63, 3.8) is 0 Å². The zero-order valence-corrected chi connectivity index (χ0v) is 23.7. The Bertz CT molecular complexity index is 1100. The molecule has 1 fully saturated rings. The Morgan fingerprint density at radius 3 is 2.26 bits per heavy atom. The first-order chi connectivity index (χ1) is 17.9. The Balaban J connectivity index is 1.92. The molecule has 0 radical (unpaired) electrons. The summed E-state index contributed by atoms with van der Waals surface area (Å²) >= 11 is 0. The van der Waals surface area contributed by atoms with Crippen LogP contribution in [0.1, 0.15) is 81.2 Å². The van der Waals surface area contributed by atoms with E-state index in [4.69, 9.17) is 4.74 Å². The number of ether oxygens (including phenoxy) is 1. The third-order valence-corrected chi connectivity index (χ3v) is 6.93. The SMILES string of the molecule is Cc1ccc(C(C(=O)NC2CCCCC2)N(C)C(=O)C(Cc2ccccc2)NC(=O)OC(C)(C)C)c(C)c1. The zero-order valence-electron chi connectivity index (χ0n) is 23.7. The fourth-order valence-electron chi connectivity index (χ4n) is 5.06. The molecule has 0 bridgehead atoms. The van der Waals surface area contributed by atoms with Gasteiger partial charge < -0.3 is 20.3 Å².